The van der Waals surface area contributed by atoms with Crippen molar-refractivity contribution in [1.82, 2.24) is 0 Å². The van der Waals surface area contributed by atoms with Gasteiger partial charge in [0.25, 0.3) is 0 Å². The van der Waals surface area contributed by atoms with Crippen molar-refractivity contribution < 1.29 is 9.47 Å². The predicted octanol–water partition coefficient (Wildman–Crippen LogP) is 4.53. The van der Waals surface area contributed by atoms with Gasteiger partial charge in [-0.25, -0.2) is 0 Å². The molecule has 0 bridgehead atoms. The number of halogens is 2. The van der Waals surface area contributed by atoms with Gasteiger partial charge >= 0.3 is 0 Å². The molecule has 106 valence electrons. The van der Waals surface area contributed by atoms with Crippen LogP contribution in [0.5, 0.6) is 11.5 Å². The second kappa shape index (κ2) is 7.41. The van der Waals surface area contributed by atoms with Gasteiger partial charge in [0.05, 0.1) is 18.2 Å². The summed E-state index contributed by atoms with van der Waals surface area (Å²) in [6.45, 7) is 1.11. The van der Waals surface area contributed by atoms with E-state index in [1.807, 2.05) is 30.3 Å². The van der Waals surface area contributed by atoms with E-state index >= 15 is 0 Å². The highest BCUT2D eigenvalue weighted by Gasteiger charge is 2.02. The van der Waals surface area contributed by atoms with Crippen LogP contribution in [0.15, 0.2) is 46.9 Å². The third-order valence-corrected chi connectivity index (χ3v) is 3.36. The smallest absolute Gasteiger partial charge is 0.137 e. The van der Waals surface area contributed by atoms with Gasteiger partial charge in [0, 0.05) is 22.6 Å². The highest BCUT2D eigenvalue weighted by Crippen LogP contribution is 2.27. The van der Waals surface area contributed by atoms with Crippen molar-refractivity contribution in [3.63, 3.8) is 0 Å². The number of ether oxygens (including phenoxy) is 2. The molecule has 0 atom stereocenters. The summed E-state index contributed by atoms with van der Waals surface area (Å²) < 4.78 is 12.1. The van der Waals surface area contributed by atoms with Crippen molar-refractivity contribution in [2.45, 2.75) is 6.42 Å². The van der Waals surface area contributed by atoms with Gasteiger partial charge in [0.1, 0.15) is 11.5 Å². The molecule has 0 amide bonds. The van der Waals surface area contributed by atoms with Crippen LogP contribution < -0.4 is 15.2 Å². The molecule has 0 aliphatic carbocycles. The maximum Gasteiger partial charge on any atom is 0.137 e. The molecule has 0 saturated heterocycles. The maximum absolute atomic E-state index is 6.06. The molecule has 0 radical (unpaired) electrons. The second-order valence-corrected chi connectivity index (χ2v) is 5.52. The first kappa shape index (κ1) is 15.0. The lowest BCUT2D eigenvalue weighted by atomic mass is 10.3. The molecule has 20 heavy (non-hydrogen) atoms. The van der Waals surface area contributed by atoms with Crippen molar-refractivity contribution >= 4 is 33.2 Å². The lowest BCUT2D eigenvalue weighted by Crippen LogP contribution is -2.05. The molecule has 2 rings (SSSR count). The summed E-state index contributed by atoms with van der Waals surface area (Å²) in [4.78, 5) is 0. The van der Waals surface area contributed by atoms with E-state index < -0.39 is 0 Å². The molecule has 0 aliphatic heterocycles. The van der Waals surface area contributed by atoms with Gasteiger partial charge in [-0.2, -0.15) is 0 Å². The Morgan fingerprint density at radius 2 is 1.85 bits per heavy atom. The van der Waals surface area contributed by atoms with Crippen LogP contribution in [0.25, 0.3) is 0 Å². The molecular formula is C15H15BrClNO2. The molecule has 0 aromatic heterocycles. The minimum atomic E-state index is 0.545. The van der Waals surface area contributed by atoms with E-state index in [0.29, 0.717) is 29.7 Å². The Balaban J connectivity index is 1.71. The van der Waals surface area contributed by atoms with E-state index in [9.17, 15) is 0 Å². The Hall–Kier alpha value is -1.39. The van der Waals surface area contributed by atoms with Crippen LogP contribution >= 0.6 is 27.5 Å². The summed E-state index contributed by atoms with van der Waals surface area (Å²) in [5, 5.41) is 0.594. The van der Waals surface area contributed by atoms with Crippen LogP contribution in [-0.4, -0.2) is 13.2 Å². The van der Waals surface area contributed by atoms with Crippen molar-refractivity contribution in [2.75, 3.05) is 18.9 Å². The average Bonchev–Trinajstić information content (AvgIpc) is 2.41. The third-order valence-electron chi connectivity index (χ3n) is 2.57. The molecule has 0 aliphatic rings. The van der Waals surface area contributed by atoms with Gasteiger partial charge in [-0.3, -0.25) is 0 Å². The molecule has 5 heteroatoms. The number of hydrogen-bond donors (Lipinski definition) is 1. The molecular weight excluding hydrogens is 342 g/mol. The molecule has 0 heterocycles. The lowest BCUT2D eigenvalue weighted by molar-refractivity contribution is 0.247. The minimum absolute atomic E-state index is 0.545. The molecule has 0 fully saturated rings. The summed E-state index contributed by atoms with van der Waals surface area (Å²) in [6, 6.07) is 12.9. The minimum Gasteiger partial charge on any atom is -0.493 e. The first-order valence-corrected chi connectivity index (χ1v) is 7.38. The number of benzene rings is 2. The normalized spacial score (nSPS) is 10.3. The van der Waals surface area contributed by atoms with Gasteiger partial charge in [-0.15, -0.1) is 0 Å². The van der Waals surface area contributed by atoms with Crippen LogP contribution in [0.2, 0.25) is 5.02 Å². The molecule has 2 aromatic rings. The van der Waals surface area contributed by atoms with Crippen LogP contribution in [0.3, 0.4) is 0 Å². The van der Waals surface area contributed by atoms with Crippen LogP contribution in [0.1, 0.15) is 6.42 Å². The second-order valence-electron chi connectivity index (χ2n) is 4.20. The van der Waals surface area contributed by atoms with E-state index in [0.717, 1.165) is 16.6 Å². The Bertz CT molecular complexity index is 578. The number of rotatable bonds is 6. The number of nitrogens with two attached hydrogens (primary N) is 1. The van der Waals surface area contributed by atoms with Gasteiger partial charge in [0.2, 0.25) is 0 Å². The zero-order valence-corrected chi connectivity index (χ0v) is 13.2. The summed E-state index contributed by atoms with van der Waals surface area (Å²) in [5.74, 6) is 1.45. The molecule has 0 spiro atoms. The van der Waals surface area contributed by atoms with Gasteiger partial charge in [0.15, 0.2) is 0 Å². The standard InChI is InChI=1S/C15H15BrClNO2/c16-11-5-6-15(14(17)9-11)20-8-2-7-19-13-4-1-3-12(18)10-13/h1,3-6,9-10H,2,7-8,18H2. The fourth-order valence-electron chi connectivity index (χ4n) is 1.63. The number of anilines is 1. The molecule has 0 unspecified atom stereocenters. The Morgan fingerprint density at radius 1 is 1.05 bits per heavy atom. The van der Waals surface area contributed by atoms with Crippen LogP contribution in [-0.2, 0) is 0 Å². The molecule has 0 saturated carbocycles. The summed E-state index contributed by atoms with van der Waals surface area (Å²) in [7, 11) is 0. The first-order chi connectivity index (χ1) is 9.65. The first-order valence-electron chi connectivity index (χ1n) is 6.21. The maximum atomic E-state index is 6.06. The van der Waals surface area contributed by atoms with E-state index in [2.05, 4.69) is 15.9 Å². The topological polar surface area (TPSA) is 44.5 Å². The predicted molar refractivity (Wildman–Crippen MR) is 85.6 cm³/mol. The van der Waals surface area contributed by atoms with Crippen molar-refractivity contribution in [1.29, 1.82) is 0 Å². The summed E-state index contributed by atoms with van der Waals surface area (Å²) >= 11 is 9.41. The zero-order chi connectivity index (χ0) is 14.4. The average molecular weight is 357 g/mol. The SMILES string of the molecule is Nc1cccc(OCCCOc2ccc(Br)cc2Cl)c1. The van der Waals surface area contributed by atoms with Gasteiger partial charge < -0.3 is 15.2 Å². The van der Waals surface area contributed by atoms with Crippen molar-refractivity contribution in [2.24, 2.45) is 0 Å². The fourth-order valence-corrected chi connectivity index (χ4v) is 2.36. The number of nitrogen functional groups attached to an aromatic ring is 1. The highest BCUT2D eigenvalue weighted by atomic mass is 79.9. The summed E-state index contributed by atoms with van der Waals surface area (Å²) in [5.41, 5.74) is 6.37. The Kier molecular flexibility index (Phi) is 5.56. The highest BCUT2D eigenvalue weighted by molar-refractivity contribution is 9.10. The molecule has 2 N–H and O–H groups in total. The van der Waals surface area contributed by atoms with E-state index in [1.165, 1.54) is 0 Å². The largest absolute Gasteiger partial charge is 0.493 e. The summed E-state index contributed by atoms with van der Waals surface area (Å²) in [6.07, 6.45) is 0.765. The van der Waals surface area contributed by atoms with Crippen molar-refractivity contribution in [3.8, 4) is 11.5 Å². The molecule has 3 nitrogen and oxygen atoms in total. The van der Waals surface area contributed by atoms with E-state index in [1.54, 1.807) is 12.1 Å². The van der Waals surface area contributed by atoms with E-state index in [-0.39, 0.29) is 0 Å². The Labute approximate surface area is 131 Å². The lowest BCUT2D eigenvalue weighted by Gasteiger charge is -2.09. The fraction of sp³-hybridized carbons (Fsp3) is 0.200. The van der Waals surface area contributed by atoms with Gasteiger partial charge in [-0.05, 0) is 30.3 Å². The quantitative estimate of drug-likeness (QED) is 0.611. The van der Waals surface area contributed by atoms with E-state index in [4.69, 9.17) is 26.8 Å². The van der Waals surface area contributed by atoms with Crippen LogP contribution in [0, 0.1) is 0 Å². The molecule has 2 aromatic carbocycles. The number of hydrogen-bond acceptors (Lipinski definition) is 3. The van der Waals surface area contributed by atoms with Crippen LogP contribution in [0.4, 0.5) is 5.69 Å². The van der Waals surface area contributed by atoms with Gasteiger partial charge in [-0.1, -0.05) is 33.6 Å². The monoisotopic (exact) mass is 355 g/mol. The zero-order valence-electron chi connectivity index (χ0n) is 10.8. The Morgan fingerprint density at radius 3 is 2.60 bits per heavy atom. The third kappa shape index (κ3) is 4.62. The van der Waals surface area contributed by atoms with Crippen molar-refractivity contribution in [3.05, 3.63) is 52.0 Å².